The highest BCUT2D eigenvalue weighted by Crippen LogP contribution is 2.26. The Morgan fingerprint density at radius 3 is 2.80 bits per heavy atom. The predicted molar refractivity (Wildman–Crippen MR) is 92.6 cm³/mol. The third-order valence-electron chi connectivity index (χ3n) is 4.40. The maximum absolute atomic E-state index is 12.4. The van der Waals surface area contributed by atoms with Crippen molar-refractivity contribution in [1.29, 1.82) is 0 Å². The summed E-state index contributed by atoms with van der Waals surface area (Å²) < 4.78 is 1.96. The largest absolute Gasteiger partial charge is 0.345 e. The minimum atomic E-state index is -0.235. The lowest BCUT2D eigenvalue weighted by Gasteiger charge is -2.34. The molecule has 1 N–H and O–H groups in total. The molecule has 7 heteroatoms. The SMILES string of the molecule is CC(C)C(=O)N1CCn2cc(C(=O)NCc3ccccn3)nc2[C@H]1C. The summed E-state index contributed by atoms with van der Waals surface area (Å²) in [5, 5.41) is 2.83. The van der Waals surface area contributed by atoms with Gasteiger partial charge in [0.2, 0.25) is 5.91 Å². The smallest absolute Gasteiger partial charge is 0.271 e. The van der Waals surface area contributed by atoms with E-state index in [0.29, 0.717) is 25.3 Å². The average molecular weight is 341 g/mol. The van der Waals surface area contributed by atoms with Crippen LogP contribution < -0.4 is 5.32 Å². The van der Waals surface area contributed by atoms with Crippen molar-refractivity contribution in [3.05, 3.63) is 47.8 Å². The zero-order valence-corrected chi connectivity index (χ0v) is 14.8. The number of hydrogen-bond donors (Lipinski definition) is 1. The molecule has 0 spiro atoms. The van der Waals surface area contributed by atoms with E-state index in [-0.39, 0.29) is 23.8 Å². The van der Waals surface area contributed by atoms with Crippen molar-refractivity contribution < 1.29 is 9.59 Å². The first kappa shape index (κ1) is 17.1. The van der Waals surface area contributed by atoms with Crippen LogP contribution in [0.5, 0.6) is 0 Å². The van der Waals surface area contributed by atoms with Crippen LogP contribution in [0.2, 0.25) is 0 Å². The first-order valence-electron chi connectivity index (χ1n) is 8.53. The molecule has 2 aromatic rings. The van der Waals surface area contributed by atoms with Crippen LogP contribution >= 0.6 is 0 Å². The van der Waals surface area contributed by atoms with Gasteiger partial charge >= 0.3 is 0 Å². The van der Waals surface area contributed by atoms with Crippen molar-refractivity contribution in [2.75, 3.05) is 6.54 Å². The molecule has 0 unspecified atom stereocenters. The first-order valence-corrected chi connectivity index (χ1v) is 8.53. The second-order valence-electron chi connectivity index (χ2n) is 6.54. The number of fused-ring (bicyclic) bond motifs is 1. The highest BCUT2D eigenvalue weighted by molar-refractivity contribution is 5.92. The van der Waals surface area contributed by atoms with Crippen molar-refractivity contribution in [3.63, 3.8) is 0 Å². The summed E-state index contributed by atoms with van der Waals surface area (Å²) in [4.78, 5) is 35.2. The Kier molecular flexibility index (Phi) is 4.83. The molecule has 0 aliphatic carbocycles. The van der Waals surface area contributed by atoms with Crippen molar-refractivity contribution in [2.45, 2.75) is 39.9 Å². The quantitative estimate of drug-likeness (QED) is 0.919. The van der Waals surface area contributed by atoms with Gasteiger partial charge in [-0.05, 0) is 19.1 Å². The molecule has 3 heterocycles. The zero-order valence-electron chi connectivity index (χ0n) is 14.8. The fraction of sp³-hybridized carbons (Fsp3) is 0.444. The summed E-state index contributed by atoms with van der Waals surface area (Å²) >= 11 is 0. The van der Waals surface area contributed by atoms with E-state index in [1.807, 2.05) is 48.4 Å². The fourth-order valence-corrected chi connectivity index (χ4v) is 3.00. The standard InChI is InChI=1S/C18H23N5O2/c1-12(2)18(25)23-9-8-22-11-15(21-16(22)13(23)3)17(24)20-10-14-6-4-5-7-19-14/h4-7,11-13H,8-10H2,1-3H3,(H,20,24)/t13-/m1/s1. The third-order valence-corrected chi connectivity index (χ3v) is 4.40. The minimum absolute atomic E-state index is 0.0508. The highest BCUT2D eigenvalue weighted by atomic mass is 16.2. The van der Waals surface area contributed by atoms with E-state index in [2.05, 4.69) is 15.3 Å². The zero-order chi connectivity index (χ0) is 18.0. The van der Waals surface area contributed by atoms with Crippen LogP contribution in [0.15, 0.2) is 30.6 Å². The molecule has 2 aromatic heterocycles. The molecule has 0 saturated carbocycles. The van der Waals surface area contributed by atoms with E-state index in [9.17, 15) is 9.59 Å². The molecule has 0 aromatic carbocycles. The molecule has 132 valence electrons. The van der Waals surface area contributed by atoms with Gasteiger partial charge in [0.25, 0.3) is 5.91 Å². The molecule has 1 aliphatic rings. The Labute approximate surface area is 147 Å². The predicted octanol–water partition coefficient (Wildman–Crippen LogP) is 1.77. The molecule has 0 fully saturated rings. The molecule has 7 nitrogen and oxygen atoms in total. The third kappa shape index (κ3) is 3.55. The van der Waals surface area contributed by atoms with Gasteiger partial charge in [-0.15, -0.1) is 0 Å². The number of carbonyl (C=O) groups excluding carboxylic acids is 2. The van der Waals surface area contributed by atoms with Crippen molar-refractivity contribution in [1.82, 2.24) is 24.8 Å². The van der Waals surface area contributed by atoms with Crippen LogP contribution in [0.25, 0.3) is 0 Å². The van der Waals surface area contributed by atoms with Crippen LogP contribution in [-0.4, -0.2) is 37.8 Å². The monoisotopic (exact) mass is 341 g/mol. The van der Waals surface area contributed by atoms with Crippen LogP contribution in [0.4, 0.5) is 0 Å². The molecule has 0 saturated heterocycles. The molecular formula is C18H23N5O2. The van der Waals surface area contributed by atoms with E-state index in [1.54, 1.807) is 12.4 Å². The maximum Gasteiger partial charge on any atom is 0.271 e. The van der Waals surface area contributed by atoms with Gasteiger partial charge in [0.1, 0.15) is 11.5 Å². The summed E-state index contributed by atoms with van der Waals surface area (Å²) in [7, 11) is 0. The highest BCUT2D eigenvalue weighted by Gasteiger charge is 2.31. The van der Waals surface area contributed by atoms with Crippen molar-refractivity contribution in [2.24, 2.45) is 5.92 Å². The number of hydrogen-bond acceptors (Lipinski definition) is 4. The summed E-state index contributed by atoms with van der Waals surface area (Å²) in [6, 6.07) is 5.43. The van der Waals surface area contributed by atoms with Gasteiger partial charge in [0.05, 0.1) is 18.3 Å². The van der Waals surface area contributed by atoms with Crippen molar-refractivity contribution in [3.8, 4) is 0 Å². The topological polar surface area (TPSA) is 80.1 Å². The van der Waals surface area contributed by atoms with E-state index < -0.39 is 0 Å². The van der Waals surface area contributed by atoms with Gasteiger partial charge in [-0.3, -0.25) is 14.6 Å². The van der Waals surface area contributed by atoms with Crippen LogP contribution in [0, 0.1) is 5.92 Å². The second-order valence-corrected chi connectivity index (χ2v) is 6.54. The van der Waals surface area contributed by atoms with Crippen molar-refractivity contribution >= 4 is 11.8 Å². The van der Waals surface area contributed by atoms with E-state index in [0.717, 1.165) is 11.5 Å². The summed E-state index contributed by atoms with van der Waals surface area (Å²) in [5.41, 5.74) is 1.17. The molecule has 25 heavy (non-hydrogen) atoms. The lowest BCUT2D eigenvalue weighted by Crippen LogP contribution is -2.42. The van der Waals surface area contributed by atoms with Crippen LogP contribution in [-0.2, 0) is 17.9 Å². The number of aromatic nitrogens is 3. The number of nitrogens with zero attached hydrogens (tertiary/aromatic N) is 4. The molecule has 0 radical (unpaired) electrons. The number of carbonyl (C=O) groups is 2. The lowest BCUT2D eigenvalue weighted by molar-refractivity contribution is -0.137. The molecule has 1 atom stereocenters. The average Bonchev–Trinajstić information content (AvgIpc) is 3.05. The number of nitrogens with one attached hydrogen (secondary N) is 1. The molecule has 3 rings (SSSR count). The minimum Gasteiger partial charge on any atom is -0.345 e. The number of pyridine rings is 1. The van der Waals surface area contributed by atoms with Gasteiger partial charge in [0.15, 0.2) is 0 Å². The second kappa shape index (κ2) is 7.04. The summed E-state index contributed by atoms with van der Waals surface area (Å²) in [6.45, 7) is 7.39. The number of rotatable bonds is 4. The number of imidazole rings is 1. The van der Waals surface area contributed by atoms with E-state index in [1.165, 1.54) is 0 Å². The van der Waals surface area contributed by atoms with Gasteiger partial charge in [-0.2, -0.15) is 0 Å². The lowest BCUT2D eigenvalue weighted by atomic mass is 10.1. The Hall–Kier alpha value is -2.70. The van der Waals surface area contributed by atoms with Crippen LogP contribution in [0.1, 0.15) is 48.8 Å². The molecule has 0 bridgehead atoms. The Morgan fingerprint density at radius 1 is 1.32 bits per heavy atom. The summed E-state index contributed by atoms with van der Waals surface area (Å²) in [6.07, 6.45) is 3.45. The van der Waals surface area contributed by atoms with E-state index >= 15 is 0 Å². The van der Waals surface area contributed by atoms with Gasteiger partial charge in [-0.25, -0.2) is 4.98 Å². The Bertz CT molecular complexity index is 769. The fourth-order valence-electron chi connectivity index (χ4n) is 3.00. The molecule has 2 amide bonds. The van der Waals surface area contributed by atoms with Crippen LogP contribution in [0.3, 0.4) is 0 Å². The normalized spacial score (nSPS) is 16.6. The number of amides is 2. The van der Waals surface area contributed by atoms with Gasteiger partial charge < -0.3 is 14.8 Å². The Balaban J connectivity index is 1.71. The van der Waals surface area contributed by atoms with E-state index in [4.69, 9.17) is 0 Å². The molecular weight excluding hydrogens is 318 g/mol. The summed E-state index contributed by atoms with van der Waals surface area (Å²) in [5.74, 6) is 0.581. The Morgan fingerprint density at radius 2 is 2.12 bits per heavy atom. The molecule has 1 aliphatic heterocycles. The van der Waals surface area contributed by atoms with Gasteiger partial charge in [-0.1, -0.05) is 19.9 Å². The first-order chi connectivity index (χ1) is 12.0. The maximum atomic E-state index is 12.4. The van der Waals surface area contributed by atoms with Gasteiger partial charge in [0, 0.05) is 31.4 Å².